The summed E-state index contributed by atoms with van der Waals surface area (Å²) in [6, 6.07) is 8.11. The molecule has 3 rings (SSSR count). The molecule has 0 heterocycles. The minimum Gasteiger partial charge on any atom is -0.211 e. The third-order valence-corrected chi connectivity index (χ3v) is 1.89. The fourth-order valence-corrected chi connectivity index (χ4v) is 1.31. The quantitative estimate of drug-likeness (QED) is 0.452. The molecule has 2 aliphatic carbocycles. The van der Waals surface area contributed by atoms with Crippen LogP contribution in [0.5, 0.6) is 0 Å². The van der Waals surface area contributed by atoms with Crippen LogP contribution in [0.3, 0.4) is 0 Å². The minimum atomic E-state index is 0.728. The number of aliphatic imine (C=N–C) groups is 1. The Morgan fingerprint density at radius 2 is 2.00 bits per heavy atom. The van der Waals surface area contributed by atoms with E-state index in [0.717, 1.165) is 17.7 Å². The largest absolute Gasteiger partial charge is 0.240 e. The minimum absolute atomic E-state index is 0.728. The van der Waals surface area contributed by atoms with Gasteiger partial charge >= 0.3 is 0 Å². The first-order valence-electron chi connectivity index (χ1n) is 3.76. The number of allylic oxidation sites excluding steroid dienone is 1. The van der Waals surface area contributed by atoms with Crippen molar-refractivity contribution in [1.29, 1.82) is 0 Å². The van der Waals surface area contributed by atoms with E-state index in [1.807, 2.05) is 30.3 Å². The highest BCUT2D eigenvalue weighted by Crippen LogP contribution is 2.18. The Hall–Kier alpha value is -1.66. The van der Waals surface area contributed by atoms with Crippen LogP contribution in [0.25, 0.3) is 6.08 Å². The number of isocyanates is 1. The molecule has 2 heteroatoms. The topological polar surface area (TPSA) is 29.4 Å². The predicted molar refractivity (Wildman–Crippen MR) is 46.2 cm³/mol. The lowest BCUT2D eigenvalue weighted by atomic mass is 10.2. The van der Waals surface area contributed by atoms with Gasteiger partial charge in [-0.05, 0) is 17.2 Å². The van der Waals surface area contributed by atoms with Gasteiger partial charge in [0, 0.05) is 6.42 Å². The zero-order valence-corrected chi connectivity index (χ0v) is 6.45. The van der Waals surface area contributed by atoms with Gasteiger partial charge in [-0.2, -0.15) is 4.99 Å². The van der Waals surface area contributed by atoms with E-state index in [2.05, 4.69) is 4.99 Å². The maximum atomic E-state index is 10.0. The zero-order valence-electron chi connectivity index (χ0n) is 6.45. The summed E-state index contributed by atoms with van der Waals surface area (Å²) in [6.07, 6.45) is 4.19. The predicted octanol–water partition coefficient (Wildman–Crippen LogP) is 1.92. The van der Waals surface area contributed by atoms with Crippen molar-refractivity contribution in [2.45, 2.75) is 6.42 Å². The van der Waals surface area contributed by atoms with Crippen molar-refractivity contribution in [2.75, 3.05) is 0 Å². The van der Waals surface area contributed by atoms with Gasteiger partial charge in [-0.3, -0.25) is 0 Å². The lowest BCUT2D eigenvalue weighted by Gasteiger charge is -1.93. The Balaban J connectivity index is 2.48. The second-order valence-corrected chi connectivity index (χ2v) is 2.76. The maximum absolute atomic E-state index is 10.0. The standard InChI is InChI=1S/C10H7NO/c12-7-11-10-5-8-1-2-9(6-10)4-3-8/h1-5H,6H2. The van der Waals surface area contributed by atoms with E-state index in [1.54, 1.807) is 6.08 Å². The Bertz CT molecular complexity index is 369. The Labute approximate surface area is 70.3 Å². The van der Waals surface area contributed by atoms with E-state index in [0.29, 0.717) is 0 Å². The third-order valence-electron chi connectivity index (χ3n) is 1.89. The SMILES string of the molecule is O=C=NC1=Cc2ccc(cc2)C1. The van der Waals surface area contributed by atoms with Crippen molar-refractivity contribution in [1.82, 2.24) is 0 Å². The number of rotatable bonds is 1. The summed E-state index contributed by atoms with van der Waals surface area (Å²) in [6.45, 7) is 0. The number of fused-ring (bicyclic) bond motifs is 3. The molecule has 1 aromatic carbocycles. The van der Waals surface area contributed by atoms with Gasteiger partial charge in [0.15, 0.2) is 0 Å². The molecule has 0 amide bonds. The highest BCUT2D eigenvalue weighted by molar-refractivity contribution is 5.58. The molecule has 2 nitrogen and oxygen atoms in total. The normalized spacial score (nSPS) is 13.2. The number of hydrogen-bond donors (Lipinski definition) is 0. The van der Waals surface area contributed by atoms with E-state index in [4.69, 9.17) is 0 Å². The fourth-order valence-electron chi connectivity index (χ4n) is 1.31. The molecule has 2 aliphatic rings. The number of carbonyl (C=O) groups excluding carboxylic acids is 1. The molecule has 0 radical (unpaired) electrons. The van der Waals surface area contributed by atoms with Gasteiger partial charge in [-0.25, -0.2) is 4.79 Å². The summed E-state index contributed by atoms with van der Waals surface area (Å²) in [5.41, 5.74) is 3.05. The molecule has 0 atom stereocenters. The van der Waals surface area contributed by atoms with Crippen LogP contribution < -0.4 is 0 Å². The Morgan fingerprint density at radius 1 is 1.25 bits per heavy atom. The maximum Gasteiger partial charge on any atom is 0.240 e. The zero-order chi connectivity index (χ0) is 8.39. The van der Waals surface area contributed by atoms with Crippen LogP contribution in [0, 0.1) is 0 Å². The molecule has 0 N–H and O–H groups in total. The highest BCUT2D eigenvalue weighted by atomic mass is 16.1. The first-order valence-corrected chi connectivity index (χ1v) is 3.76. The summed E-state index contributed by atoms with van der Waals surface area (Å²) in [4.78, 5) is 13.6. The third kappa shape index (κ3) is 1.20. The summed E-state index contributed by atoms with van der Waals surface area (Å²) < 4.78 is 0. The molecule has 0 spiro atoms. The van der Waals surface area contributed by atoms with Gasteiger partial charge in [0.05, 0.1) is 5.70 Å². The highest BCUT2D eigenvalue weighted by Gasteiger charge is 2.03. The Morgan fingerprint density at radius 3 is 2.67 bits per heavy atom. The first-order chi connectivity index (χ1) is 5.88. The molecule has 0 saturated heterocycles. The van der Waals surface area contributed by atoms with Gasteiger partial charge in [-0.1, -0.05) is 24.3 Å². The number of hydrogen-bond acceptors (Lipinski definition) is 2. The molecule has 2 bridgehead atoms. The molecule has 0 fully saturated rings. The summed E-state index contributed by atoms with van der Waals surface area (Å²) >= 11 is 0. The van der Waals surface area contributed by atoms with Crippen LogP contribution in [0.2, 0.25) is 0 Å². The molecule has 0 aliphatic heterocycles. The van der Waals surface area contributed by atoms with Gasteiger partial charge in [-0.15, -0.1) is 0 Å². The van der Waals surface area contributed by atoms with Crippen LogP contribution >= 0.6 is 0 Å². The van der Waals surface area contributed by atoms with E-state index in [-0.39, 0.29) is 0 Å². The van der Waals surface area contributed by atoms with Crippen molar-refractivity contribution in [3.05, 3.63) is 41.1 Å². The lowest BCUT2D eigenvalue weighted by molar-refractivity contribution is 0.564. The van der Waals surface area contributed by atoms with Crippen LogP contribution in [0.15, 0.2) is 35.0 Å². The Kier molecular flexibility index (Phi) is 1.61. The average Bonchev–Trinajstić information content (AvgIpc) is 2.36. The van der Waals surface area contributed by atoms with Crippen LogP contribution in [-0.2, 0) is 11.2 Å². The second-order valence-electron chi connectivity index (χ2n) is 2.76. The fraction of sp³-hybridized carbons (Fsp3) is 0.100. The van der Waals surface area contributed by atoms with Gasteiger partial charge in [0.25, 0.3) is 0 Å². The average molecular weight is 157 g/mol. The molecular weight excluding hydrogens is 150 g/mol. The van der Waals surface area contributed by atoms with E-state index in [9.17, 15) is 4.79 Å². The van der Waals surface area contributed by atoms with E-state index < -0.39 is 0 Å². The lowest BCUT2D eigenvalue weighted by Crippen LogP contribution is -1.82. The molecule has 1 aromatic rings. The van der Waals surface area contributed by atoms with E-state index >= 15 is 0 Å². The first kappa shape index (κ1) is 7.01. The summed E-state index contributed by atoms with van der Waals surface area (Å²) in [5, 5.41) is 0. The molecule has 0 unspecified atom stereocenters. The van der Waals surface area contributed by atoms with Crippen molar-refractivity contribution < 1.29 is 4.79 Å². The van der Waals surface area contributed by atoms with Crippen LogP contribution in [0.1, 0.15) is 11.1 Å². The smallest absolute Gasteiger partial charge is 0.211 e. The molecule has 58 valence electrons. The molecule has 0 saturated carbocycles. The molecule has 12 heavy (non-hydrogen) atoms. The van der Waals surface area contributed by atoms with Crippen molar-refractivity contribution in [3.63, 3.8) is 0 Å². The monoisotopic (exact) mass is 157 g/mol. The van der Waals surface area contributed by atoms with Crippen LogP contribution in [-0.4, -0.2) is 6.08 Å². The number of nitrogens with zero attached hydrogens (tertiary/aromatic N) is 1. The van der Waals surface area contributed by atoms with Crippen molar-refractivity contribution in [2.24, 2.45) is 4.99 Å². The number of benzene rings is 1. The second kappa shape index (κ2) is 2.76. The van der Waals surface area contributed by atoms with Crippen LogP contribution in [0.4, 0.5) is 0 Å². The summed E-state index contributed by atoms with van der Waals surface area (Å²) in [7, 11) is 0. The molecular formula is C10H7NO. The van der Waals surface area contributed by atoms with Crippen molar-refractivity contribution in [3.8, 4) is 0 Å². The van der Waals surface area contributed by atoms with Gasteiger partial charge < -0.3 is 0 Å². The molecule has 0 aromatic heterocycles. The van der Waals surface area contributed by atoms with E-state index in [1.165, 1.54) is 5.56 Å². The van der Waals surface area contributed by atoms with Crippen molar-refractivity contribution >= 4 is 12.2 Å². The van der Waals surface area contributed by atoms with Gasteiger partial charge in [0.1, 0.15) is 0 Å². The van der Waals surface area contributed by atoms with Gasteiger partial charge in [0.2, 0.25) is 6.08 Å². The summed E-state index contributed by atoms with van der Waals surface area (Å²) in [5.74, 6) is 0.